The Kier molecular flexibility index (Phi) is 1.88. The Balaban J connectivity index is 2.30. The van der Waals surface area contributed by atoms with E-state index < -0.39 is 0 Å². The van der Waals surface area contributed by atoms with Crippen LogP contribution < -0.4 is 4.90 Å². The van der Waals surface area contributed by atoms with Crippen LogP contribution in [0, 0.1) is 0 Å². The molecule has 0 aromatic carbocycles. The predicted octanol–water partition coefficient (Wildman–Crippen LogP) is 1.43. The number of amides is 1. The van der Waals surface area contributed by atoms with Crippen LogP contribution in [0.1, 0.15) is 6.92 Å². The van der Waals surface area contributed by atoms with Crippen molar-refractivity contribution >= 4 is 11.8 Å². The summed E-state index contributed by atoms with van der Waals surface area (Å²) >= 11 is 0. The maximum Gasteiger partial charge on any atom is 0.414 e. The summed E-state index contributed by atoms with van der Waals surface area (Å²) in [7, 11) is 0. The van der Waals surface area contributed by atoms with Gasteiger partial charge in [-0.3, -0.25) is 9.88 Å². The number of nitrogens with zero attached hydrogens (tertiary/aromatic N) is 2. The van der Waals surface area contributed by atoms with Crippen molar-refractivity contribution in [1.82, 2.24) is 4.98 Å². The van der Waals surface area contributed by atoms with Gasteiger partial charge in [0.15, 0.2) is 0 Å². The molecule has 0 spiro atoms. The topological polar surface area (TPSA) is 42.4 Å². The van der Waals surface area contributed by atoms with Crippen LogP contribution in [-0.2, 0) is 4.74 Å². The van der Waals surface area contributed by atoms with Gasteiger partial charge in [0.2, 0.25) is 0 Å². The molecule has 1 aromatic rings. The van der Waals surface area contributed by atoms with E-state index in [9.17, 15) is 4.79 Å². The number of ether oxygens (including phenoxy) is 1. The molecule has 1 aliphatic rings. The summed E-state index contributed by atoms with van der Waals surface area (Å²) in [6.45, 7) is 2.41. The Bertz CT molecular complexity index is 313. The number of carbonyl (C=O) groups excluding carboxylic acids is 1. The molecule has 2 heterocycles. The summed E-state index contributed by atoms with van der Waals surface area (Å²) in [6.07, 6.45) is 3.04. The normalized spacial score (nSPS) is 21.8. The summed E-state index contributed by atoms with van der Waals surface area (Å²) < 4.78 is 4.90. The highest BCUT2D eigenvalue weighted by molar-refractivity contribution is 5.89. The molecule has 1 aliphatic heterocycles. The molecule has 2 rings (SSSR count). The Morgan fingerprint density at radius 2 is 2.23 bits per heavy atom. The van der Waals surface area contributed by atoms with Gasteiger partial charge >= 0.3 is 6.09 Å². The summed E-state index contributed by atoms with van der Waals surface area (Å²) in [6, 6.07) is 3.70. The first-order chi connectivity index (χ1) is 6.29. The van der Waals surface area contributed by atoms with Gasteiger partial charge in [-0.15, -0.1) is 0 Å². The molecule has 1 aromatic heterocycles. The quantitative estimate of drug-likeness (QED) is 0.653. The Hall–Kier alpha value is -1.58. The van der Waals surface area contributed by atoms with Gasteiger partial charge in [-0.25, -0.2) is 4.79 Å². The maximum absolute atomic E-state index is 11.3. The Labute approximate surface area is 76.1 Å². The van der Waals surface area contributed by atoms with E-state index in [1.165, 1.54) is 0 Å². The fourth-order valence-electron chi connectivity index (χ4n) is 1.38. The van der Waals surface area contributed by atoms with E-state index in [1.54, 1.807) is 29.4 Å². The molecule has 1 unspecified atom stereocenters. The van der Waals surface area contributed by atoms with Gasteiger partial charge < -0.3 is 4.74 Å². The van der Waals surface area contributed by atoms with Crippen LogP contribution in [0.2, 0.25) is 0 Å². The molecule has 4 heteroatoms. The summed E-state index contributed by atoms with van der Waals surface area (Å²) in [4.78, 5) is 16.8. The van der Waals surface area contributed by atoms with E-state index in [4.69, 9.17) is 4.74 Å². The minimum atomic E-state index is -0.279. The van der Waals surface area contributed by atoms with Gasteiger partial charge in [-0.2, -0.15) is 0 Å². The number of hydrogen-bond acceptors (Lipinski definition) is 3. The second-order valence-corrected chi connectivity index (χ2v) is 3.00. The van der Waals surface area contributed by atoms with Gasteiger partial charge in [0.05, 0.1) is 11.7 Å². The molecule has 0 radical (unpaired) electrons. The monoisotopic (exact) mass is 178 g/mol. The molecule has 13 heavy (non-hydrogen) atoms. The SMILES string of the molecule is CC1COC(=O)N1c1ccncc1. The third kappa shape index (κ3) is 1.35. The zero-order valence-corrected chi connectivity index (χ0v) is 7.30. The van der Waals surface area contributed by atoms with Crippen LogP contribution >= 0.6 is 0 Å². The summed E-state index contributed by atoms with van der Waals surface area (Å²) in [5.74, 6) is 0. The predicted molar refractivity (Wildman–Crippen MR) is 47.5 cm³/mol. The highest BCUT2D eigenvalue weighted by Gasteiger charge is 2.30. The van der Waals surface area contributed by atoms with Gasteiger partial charge in [0, 0.05) is 12.4 Å². The fourth-order valence-corrected chi connectivity index (χ4v) is 1.38. The van der Waals surface area contributed by atoms with Gasteiger partial charge in [-0.05, 0) is 19.1 Å². The molecule has 1 fully saturated rings. The van der Waals surface area contributed by atoms with E-state index >= 15 is 0 Å². The van der Waals surface area contributed by atoms with E-state index in [0.29, 0.717) is 6.61 Å². The third-order valence-electron chi connectivity index (χ3n) is 2.03. The lowest BCUT2D eigenvalue weighted by molar-refractivity contribution is 0.179. The van der Waals surface area contributed by atoms with Crippen LogP contribution in [0.25, 0.3) is 0 Å². The van der Waals surface area contributed by atoms with Gasteiger partial charge in [0.1, 0.15) is 6.61 Å². The van der Waals surface area contributed by atoms with E-state index in [0.717, 1.165) is 5.69 Å². The minimum Gasteiger partial charge on any atom is -0.447 e. The zero-order chi connectivity index (χ0) is 9.26. The number of pyridine rings is 1. The second-order valence-electron chi connectivity index (χ2n) is 3.00. The lowest BCUT2D eigenvalue weighted by Crippen LogP contribution is -2.30. The largest absolute Gasteiger partial charge is 0.447 e. The lowest BCUT2D eigenvalue weighted by Gasteiger charge is -2.17. The van der Waals surface area contributed by atoms with Crippen LogP contribution in [0.15, 0.2) is 24.5 Å². The smallest absolute Gasteiger partial charge is 0.414 e. The third-order valence-corrected chi connectivity index (χ3v) is 2.03. The highest BCUT2D eigenvalue weighted by Crippen LogP contribution is 2.21. The standard InChI is InChI=1S/C9H10N2O2/c1-7-6-13-9(12)11(7)8-2-4-10-5-3-8/h2-5,7H,6H2,1H3. The molecule has 4 nitrogen and oxygen atoms in total. The van der Waals surface area contributed by atoms with Crippen LogP contribution in [0.4, 0.5) is 10.5 Å². The number of carbonyl (C=O) groups is 1. The first kappa shape index (κ1) is 8.04. The molecule has 0 saturated carbocycles. The molecule has 1 atom stereocenters. The fraction of sp³-hybridized carbons (Fsp3) is 0.333. The average molecular weight is 178 g/mol. The molecular formula is C9H10N2O2. The number of cyclic esters (lactones) is 1. The average Bonchev–Trinajstić information content (AvgIpc) is 2.48. The zero-order valence-electron chi connectivity index (χ0n) is 7.30. The van der Waals surface area contributed by atoms with Crippen LogP contribution in [0.5, 0.6) is 0 Å². The second kappa shape index (κ2) is 3.05. The van der Waals surface area contributed by atoms with Crippen molar-refractivity contribution in [2.45, 2.75) is 13.0 Å². The van der Waals surface area contributed by atoms with Crippen molar-refractivity contribution in [3.8, 4) is 0 Å². The lowest BCUT2D eigenvalue weighted by atomic mass is 10.3. The van der Waals surface area contributed by atoms with Crippen molar-refractivity contribution in [2.24, 2.45) is 0 Å². The molecule has 0 bridgehead atoms. The van der Waals surface area contributed by atoms with Crippen molar-refractivity contribution in [3.05, 3.63) is 24.5 Å². The number of rotatable bonds is 1. The van der Waals surface area contributed by atoms with Crippen molar-refractivity contribution in [2.75, 3.05) is 11.5 Å². The number of hydrogen-bond donors (Lipinski definition) is 0. The molecule has 1 saturated heterocycles. The summed E-state index contributed by atoms with van der Waals surface area (Å²) in [5, 5.41) is 0. The molecule has 0 N–H and O–H groups in total. The first-order valence-electron chi connectivity index (χ1n) is 4.15. The first-order valence-corrected chi connectivity index (χ1v) is 4.15. The van der Waals surface area contributed by atoms with Crippen molar-refractivity contribution < 1.29 is 9.53 Å². The van der Waals surface area contributed by atoms with Crippen LogP contribution in [0.3, 0.4) is 0 Å². The van der Waals surface area contributed by atoms with Gasteiger partial charge in [0.25, 0.3) is 0 Å². The van der Waals surface area contributed by atoms with E-state index in [2.05, 4.69) is 4.98 Å². The molecular weight excluding hydrogens is 168 g/mol. The summed E-state index contributed by atoms with van der Waals surface area (Å²) in [5.41, 5.74) is 0.838. The Morgan fingerprint density at radius 3 is 2.77 bits per heavy atom. The number of aromatic nitrogens is 1. The Morgan fingerprint density at radius 1 is 1.54 bits per heavy atom. The van der Waals surface area contributed by atoms with E-state index in [1.807, 2.05) is 6.92 Å². The van der Waals surface area contributed by atoms with Crippen molar-refractivity contribution in [3.63, 3.8) is 0 Å². The minimum absolute atomic E-state index is 0.106. The van der Waals surface area contributed by atoms with E-state index in [-0.39, 0.29) is 12.1 Å². The molecule has 0 aliphatic carbocycles. The highest BCUT2D eigenvalue weighted by atomic mass is 16.6. The van der Waals surface area contributed by atoms with Gasteiger partial charge in [-0.1, -0.05) is 0 Å². The maximum atomic E-state index is 11.3. The van der Waals surface area contributed by atoms with Crippen molar-refractivity contribution in [1.29, 1.82) is 0 Å². The molecule has 1 amide bonds. The molecule has 68 valence electrons. The number of anilines is 1. The van der Waals surface area contributed by atoms with Crippen LogP contribution in [-0.4, -0.2) is 23.7 Å².